The summed E-state index contributed by atoms with van der Waals surface area (Å²) in [6.07, 6.45) is -1.09. The summed E-state index contributed by atoms with van der Waals surface area (Å²) in [5, 5.41) is 0. The van der Waals surface area contributed by atoms with Crippen LogP contribution in [0.5, 0.6) is 11.6 Å². The van der Waals surface area contributed by atoms with Crippen LogP contribution in [-0.2, 0) is 4.74 Å². The Balaban J connectivity index is 3.25. The highest BCUT2D eigenvalue weighted by atomic mass is 19.1. The Hall–Kier alpha value is -2.31. The number of hydrogen-bond donors (Lipinski definition) is 1. The molecule has 0 aliphatic heterocycles. The number of halogens is 1. The first kappa shape index (κ1) is 13.8. The van der Waals surface area contributed by atoms with Gasteiger partial charge in [-0.2, -0.15) is 0 Å². The number of ether oxygens (including phenoxy) is 3. The van der Waals surface area contributed by atoms with Crippen molar-refractivity contribution < 1.29 is 23.4 Å². The normalized spacial score (nSPS) is 9.72. The molecule has 18 heavy (non-hydrogen) atoms. The van der Waals surface area contributed by atoms with Crippen LogP contribution in [0.4, 0.5) is 9.18 Å². The van der Waals surface area contributed by atoms with Crippen molar-refractivity contribution in [2.45, 2.75) is 6.92 Å². The molecule has 0 unspecified atom stereocenters. The number of carbonyl (C=O) groups excluding carboxylic acids is 1. The van der Waals surface area contributed by atoms with E-state index in [1.807, 2.05) is 0 Å². The standard InChI is InChI=1S/C11H13FN2O4/c1-4-17-6(2)9-8(18-11(13)15)5-7(12)10(14-9)16-3/h5H,2,4H2,1,3H3,(H2,13,15). The number of nitrogens with zero attached hydrogens (tertiary/aromatic N) is 1. The Morgan fingerprint density at radius 2 is 2.28 bits per heavy atom. The molecule has 0 aliphatic rings. The second kappa shape index (κ2) is 5.85. The number of primary amides is 1. The summed E-state index contributed by atoms with van der Waals surface area (Å²) in [5.41, 5.74) is 4.92. The average Bonchev–Trinajstić information content (AvgIpc) is 2.28. The van der Waals surface area contributed by atoms with Gasteiger partial charge in [0, 0.05) is 6.07 Å². The predicted molar refractivity (Wildman–Crippen MR) is 61.6 cm³/mol. The summed E-state index contributed by atoms with van der Waals surface area (Å²) < 4.78 is 27.9. The summed E-state index contributed by atoms with van der Waals surface area (Å²) in [6, 6.07) is 0.927. The number of pyridine rings is 1. The molecule has 2 N–H and O–H groups in total. The maximum Gasteiger partial charge on any atom is 0.410 e. The van der Waals surface area contributed by atoms with Crippen molar-refractivity contribution in [1.29, 1.82) is 0 Å². The fraction of sp³-hybridized carbons (Fsp3) is 0.273. The van der Waals surface area contributed by atoms with E-state index in [1.165, 1.54) is 7.11 Å². The van der Waals surface area contributed by atoms with E-state index in [-0.39, 0.29) is 23.1 Å². The second-order valence-electron chi connectivity index (χ2n) is 3.10. The van der Waals surface area contributed by atoms with Crippen LogP contribution in [0.3, 0.4) is 0 Å². The Bertz CT molecular complexity index is 476. The van der Waals surface area contributed by atoms with E-state index in [0.29, 0.717) is 6.61 Å². The number of amides is 1. The smallest absolute Gasteiger partial charge is 0.410 e. The number of hydrogen-bond acceptors (Lipinski definition) is 5. The van der Waals surface area contributed by atoms with Crippen LogP contribution in [-0.4, -0.2) is 24.8 Å². The summed E-state index contributed by atoms with van der Waals surface area (Å²) in [6.45, 7) is 5.66. The largest absolute Gasteiger partial charge is 0.492 e. The van der Waals surface area contributed by atoms with E-state index in [2.05, 4.69) is 16.3 Å². The lowest BCUT2D eigenvalue weighted by molar-refractivity contribution is 0.209. The van der Waals surface area contributed by atoms with Crippen LogP contribution in [0.15, 0.2) is 12.6 Å². The Labute approximate surface area is 103 Å². The van der Waals surface area contributed by atoms with Crippen molar-refractivity contribution in [1.82, 2.24) is 4.98 Å². The van der Waals surface area contributed by atoms with Gasteiger partial charge in [0.15, 0.2) is 17.3 Å². The highest BCUT2D eigenvalue weighted by Gasteiger charge is 2.18. The lowest BCUT2D eigenvalue weighted by Crippen LogP contribution is -2.18. The van der Waals surface area contributed by atoms with Gasteiger partial charge in [-0.15, -0.1) is 0 Å². The van der Waals surface area contributed by atoms with Gasteiger partial charge in [-0.05, 0) is 6.92 Å². The van der Waals surface area contributed by atoms with Gasteiger partial charge in [0.05, 0.1) is 13.7 Å². The molecule has 0 saturated heterocycles. The van der Waals surface area contributed by atoms with Crippen molar-refractivity contribution in [3.05, 3.63) is 24.2 Å². The van der Waals surface area contributed by atoms with Crippen LogP contribution in [0, 0.1) is 5.82 Å². The van der Waals surface area contributed by atoms with Gasteiger partial charge in [0.2, 0.25) is 0 Å². The van der Waals surface area contributed by atoms with Crippen molar-refractivity contribution in [3.8, 4) is 11.6 Å². The monoisotopic (exact) mass is 256 g/mol. The summed E-state index contributed by atoms with van der Waals surface area (Å²) >= 11 is 0. The quantitative estimate of drug-likeness (QED) is 0.810. The molecular formula is C11H13FN2O4. The minimum atomic E-state index is -1.09. The zero-order valence-corrected chi connectivity index (χ0v) is 10.0. The third-order valence-electron chi connectivity index (χ3n) is 1.90. The molecule has 0 spiro atoms. The first-order chi connectivity index (χ1) is 8.49. The average molecular weight is 256 g/mol. The maximum atomic E-state index is 13.4. The van der Waals surface area contributed by atoms with Gasteiger partial charge in [-0.1, -0.05) is 6.58 Å². The predicted octanol–water partition coefficient (Wildman–Crippen LogP) is 1.69. The second-order valence-corrected chi connectivity index (χ2v) is 3.10. The Morgan fingerprint density at radius 1 is 1.61 bits per heavy atom. The fourth-order valence-electron chi connectivity index (χ4n) is 1.23. The van der Waals surface area contributed by atoms with E-state index in [1.54, 1.807) is 6.92 Å². The lowest BCUT2D eigenvalue weighted by Gasteiger charge is -2.12. The summed E-state index contributed by atoms with van der Waals surface area (Å²) in [4.78, 5) is 14.5. The van der Waals surface area contributed by atoms with Gasteiger partial charge in [0.1, 0.15) is 5.76 Å². The van der Waals surface area contributed by atoms with Crippen LogP contribution in [0.1, 0.15) is 12.6 Å². The molecule has 1 amide bonds. The van der Waals surface area contributed by atoms with Crippen molar-refractivity contribution >= 4 is 11.9 Å². The maximum absolute atomic E-state index is 13.4. The van der Waals surface area contributed by atoms with Gasteiger partial charge in [-0.3, -0.25) is 0 Å². The zero-order chi connectivity index (χ0) is 13.7. The van der Waals surface area contributed by atoms with Gasteiger partial charge in [-0.25, -0.2) is 14.2 Å². The molecule has 1 aromatic rings. The first-order valence-corrected chi connectivity index (χ1v) is 5.03. The van der Waals surface area contributed by atoms with Gasteiger partial charge >= 0.3 is 6.09 Å². The van der Waals surface area contributed by atoms with Crippen molar-refractivity contribution in [3.63, 3.8) is 0 Å². The van der Waals surface area contributed by atoms with Crippen LogP contribution in [0.2, 0.25) is 0 Å². The third kappa shape index (κ3) is 3.09. The van der Waals surface area contributed by atoms with Gasteiger partial charge in [0.25, 0.3) is 5.88 Å². The van der Waals surface area contributed by atoms with Crippen molar-refractivity contribution in [2.24, 2.45) is 5.73 Å². The van der Waals surface area contributed by atoms with Crippen LogP contribution < -0.4 is 15.2 Å². The highest BCUT2D eigenvalue weighted by Crippen LogP contribution is 2.29. The lowest BCUT2D eigenvalue weighted by atomic mass is 10.3. The summed E-state index contributed by atoms with van der Waals surface area (Å²) in [7, 11) is 1.26. The van der Waals surface area contributed by atoms with Crippen molar-refractivity contribution in [2.75, 3.05) is 13.7 Å². The molecule has 0 bridgehead atoms. The molecule has 0 atom stereocenters. The number of carbonyl (C=O) groups is 1. The van der Waals surface area contributed by atoms with Crippen LogP contribution in [0.25, 0.3) is 5.76 Å². The van der Waals surface area contributed by atoms with E-state index < -0.39 is 11.9 Å². The van der Waals surface area contributed by atoms with E-state index in [4.69, 9.17) is 15.2 Å². The molecule has 0 saturated carbocycles. The first-order valence-electron chi connectivity index (χ1n) is 5.03. The van der Waals surface area contributed by atoms with Crippen LogP contribution >= 0.6 is 0 Å². The summed E-state index contributed by atoms with van der Waals surface area (Å²) in [5.74, 6) is -1.12. The Kier molecular flexibility index (Phi) is 4.47. The minimum Gasteiger partial charge on any atom is -0.492 e. The highest BCUT2D eigenvalue weighted by molar-refractivity contribution is 5.71. The number of rotatable bonds is 5. The molecule has 0 fully saturated rings. The van der Waals surface area contributed by atoms with Gasteiger partial charge < -0.3 is 19.9 Å². The van der Waals surface area contributed by atoms with E-state index >= 15 is 0 Å². The molecule has 7 heteroatoms. The number of methoxy groups -OCH3 is 1. The van der Waals surface area contributed by atoms with E-state index in [0.717, 1.165) is 6.07 Å². The minimum absolute atomic E-state index is 0.0499. The molecule has 98 valence electrons. The number of aromatic nitrogens is 1. The molecule has 0 radical (unpaired) electrons. The van der Waals surface area contributed by atoms with E-state index in [9.17, 15) is 9.18 Å². The molecule has 1 heterocycles. The molecular weight excluding hydrogens is 243 g/mol. The molecule has 1 aromatic heterocycles. The fourth-order valence-corrected chi connectivity index (χ4v) is 1.23. The number of nitrogens with two attached hydrogens (primary N) is 1. The third-order valence-corrected chi connectivity index (χ3v) is 1.90. The Morgan fingerprint density at radius 3 is 2.78 bits per heavy atom. The zero-order valence-electron chi connectivity index (χ0n) is 10.0. The topological polar surface area (TPSA) is 83.7 Å². The molecule has 0 aromatic carbocycles. The molecule has 1 rings (SSSR count). The SMILES string of the molecule is C=C(OCC)c1nc(OC)c(F)cc1OC(N)=O. The molecule has 0 aliphatic carbocycles. The molecule has 6 nitrogen and oxygen atoms in total.